The van der Waals surface area contributed by atoms with Gasteiger partial charge in [0.25, 0.3) is 0 Å². The summed E-state index contributed by atoms with van der Waals surface area (Å²) in [6.45, 7) is 7.60. The Labute approximate surface area is 130 Å². The fourth-order valence-electron chi connectivity index (χ4n) is 2.24. The molecule has 0 saturated carbocycles. The maximum atomic E-state index is 4.60. The number of nitrogens with zero attached hydrogens (tertiary/aromatic N) is 1. The summed E-state index contributed by atoms with van der Waals surface area (Å²) >= 11 is 3.74. The molecule has 2 aromatic heterocycles. The first-order chi connectivity index (χ1) is 9.71. The van der Waals surface area contributed by atoms with Gasteiger partial charge in [-0.1, -0.05) is 13.8 Å². The zero-order valence-electron chi connectivity index (χ0n) is 12.6. The van der Waals surface area contributed by atoms with Crippen LogP contribution in [0.3, 0.4) is 0 Å². The Morgan fingerprint density at radius 3 is 2.60 bits per heavy atom. The molecule has 1 unspecified atom stereocenters. The van der Waals surface area contributed by atoms with Crippen LogP contribution >= 0.6 is 22.7 Å². The Morgan fingerprint density at radius 1 is 1.20 bits per heavy atom. The molecule has 1 atom stereocenters. The number of aryl methyl sites for hydroxylation is 2. The average molecular weight is 309 g/mol. The molecule has 4 heteroatoms. The Hall–Kier alpha value is -0.710. The van der Waals surface area contributed by atoms with Crippen molar-refractivity contribution in [2.45, 2.75) is 52.5 Å². The molecule has 2 aromatic rings. The van der Waals surface area contributed by atoms with Crippen molar-refractivity contribution in [2.75, 3.05) is 6.54 Å². The van der Waals surface area contributed by atoms with Crippen LogP contribution in [0.1, 0.15) is 40.7 Å². The number of aromatic nitrogens is 1. The third-order valence-corrected chi connectivity index (χ3v) is 5.52. The monoisotopic (exact) mass is 308 g/mol. The van der Waals surface area contributed by atoms with Crippen molar-refractivity contribution in [3.8, 4) is 0 Å². The molecule has 2 rings (SSSR count). The van der Waals surface area contributed by atoms with Gasteiger partial charge in [-0.25, -0.2) is 4.98 Å². The highest BCUT2D eigenvalue weighted by atomic mass is 32.1. The lowest BCUT2D eigenvalue weighted by Crippen LogP contribution is -2.33. The topological polar surface area (TPSA) is 24.9 Å². The lowest BCUT2D eigenvalue weighted by atomic mass is 10.1. The van der Waals surface area contributed by atoms with Crippen LogP contribution in [-0.4, -0.2) is 17.6 Å². The quantitative estimate of drug-likeness (QED) is 0.789. The highest BCUT2D eigenvalue weighted by Gasteiger charge is 2.13. The first-order valence-corrected chi connectivity index (χ1v) is 9.12. The van der Waals surface area contributed by atoms with E-state index in [4.69, 9.17) is 0 Å². The molecule has 0 aliphatic heterocycles. The van der Waals surface area contributed by atoms with Gasteiger partial charge in [-0.3, -0.25) is 0 Å². The number of nitrogens with one attached hydrogen (secondary N) is 1. The van der Waals surface area contributed by atoms with Gasteiger partial charge in [0.05, 0.1) is 5.01 Å². The summed E-state index contributed by atoms with van der Waals surface area (Å²) in [5.41, 5.74) is 1.14. The minimum Gasteiger partial charge on any atom is -0.313 e. The van der Waals surface area contributed by atoms with Gasteiger partial charge in [0.2, 0.25) is 0 Å². The van der Waals surface area contributed by atoms with E-state index in [1.54, 1.807) is 11.3 Å². The minimum absolute atomic E-state index is 0.504. The van der Waals surface area contributed by atoms with E-state index in [9.17, 15) is 0 Å². The number of hydrogen-bond acceptors (Lipinski definition) is 4. The average Bonchev–Trinajstić information content (AvgIpc) is 3.05. The summed E-state index contributed by atoms with van der Waals surface area (Å²) in [5, 5.41) is 7.07. The second-order valence-electron chi connectivity index (χ2n) is 5.16. The van der Waals surface area contributed by atoms with Crippen LogP contribution in [-0.2, 0) is 19.3 Å². The Balaban J connectivity index is 1.98. The summed E-state index contributed by atoms with van der Waals surface area (Å²) < 4.78 is 0. The van der Waals surface area contributed by atoms with Crippen molar-refractivity contribution in [3.05, 3.63) is 38.0 Å². The molecular weight excluding hydrogens is 284 g/mol. The number of hydrogen-bond donors (Lipinski definition) is 1. The van der Waals surface area contributed by atoms with Crippen molar-refractivity contribution in [1.29, 1.82) is 0 Å². The fraction of sp³-hybridized carbons (Fsp3) is 0.562. The standard InChI is InChI=1S/C16H24N2S2/c1-4-8-17-13(10-16-18-12(3)11-19-16)9-15-7-6-14(5-2)20-15/h6-7,11,13,17H,4-5,8-10H2,1-3H3. The Kier molecular flexibility index (Phi) is 6.20. The summed E-state index contributed by atoms with van der Waals surface area (Å²) in [6.07, 6.45) is 4.47. The predicted octanol–water partition coefficient (Wildman–Crippen LogP) is 4.23. The summed E-state index contributed by atoms with van der Waals surface area (Å²) in [7, 11) is 0. The van der Waals surface area contributed by atoms with E-state index in [0.29, 0.717) is 6.04 Å². The molecule has 0 bridgehead atoms. The second-order valence-corrected chi connectivity index (χ2v) is 7.36. The highest BCUT2D eigenvalue weighted by Crippen LogP contribution is 2.20. The van der Waals surface area contributed by atoms with E-state index >= 15 is 0 Å². The van der Waals surface area contributed by atoms with Gasteiger partial charge in [0.15, 0.2) is 0 Å². The lowest BCUT2D eigenvalue weighted by molar-refractivity contribution is 0.506. The molecule has 20 heavy (non-hydrogen) atoms. The molecule has 0 fully saturated rings. The van der Waals surface area contributed by atoms with Gasteiger partial charge in [-0.2, -0.15) is 0 Å². The van der Waals surface area contributed by atoms with E-state index in [1.807, 2.05) is 11.3 Å². The van der Waals surface area contributed by atoms with Crippen LogP contribution in [0.25, 0.3) is 0 Å². The molecule has 1 N–H and O–H groups in total. The van der Waals surface area contributed by atoms with Crippen molar-refractivity contribution in [3.63, 3.8) is 0 Å². The van der Waals surface area contributed by atoms with Gasteiger partial charge >= 0.3 is 0 Å². The van der Waals surface area contributed by atoms with Crippen molar-refractivity contribution in [1.82, 2.24) is 10.3 Å². The molecule has 0 amide bonds. The van der Waals surface area contributed by atoms with E-state index in [-0.39, 0.29) is 0 Å². The SMILES string of the molecule is CCCNC(Cc1ccc(CC)s1)Cc1nc(C)cs1. The maximum Gasteiger partial charge on any atom is 0.0943 e. The molecule has 0 saturated heterocycles. The van der Waals surface area contributed by atoms with E-state index in [0.717, 1.165) is 31.5 Å². The first kappa shape index (κ1) is 15.7. The van der Waals surface area contributed by atoms with Gasteiger partial charge in [0, 0.05) is 33.3 Å². The van der Waals surface area contributed by atoms with Crippen LogP contribution in [0.4, 0.5) is 0 Å². The van der Waals surface area contributed by atoms with Crippen LogP contribution in [0, 0.1) is 6.92 Å². The third kappa shape index (κ3) is 4.69. The fourth-order valence-corrected chi connectivity index (χ4v) is 4.13. The lowest BCUT2D eigenvalue weighted by Gasteiger charge is -2.16. The molecular formula is C16H24N2S2. The first-order valence-electron chi connectivity index (χ1n) is 7.43. The zero-order valence-corrected chi connectivity index (χ0v) is 14.2. The summed E-state index contributed by atoms with van der Waals surface area (Å²) in [4.78, 5) is 7.58. The minimum atomic E-state index is 0.504. The largest absolute Gasteiger partial charge is 0.313 e. The second kappa shape index (κ2) is 7.91. The summed E-state index contributed by atoms with van der Waals surface area (Å²) in [6, 6.07) is 5.06. The van der Waals surface area contributed by atoms with E-state index in [2.05, 4.69) is 48.6 Å². The van der Waals surface area contributed by atoms with E-state index < -0.39 is 0 Å². The molecule has 0 spiro atoms. The number of rotatable bonds is 8. The number of thiophene rings is 1. The molecule has 0 radical (unpaired) electrons. The predicted molar refractivity (Wildman–Crippen MR) is 90.0 cm³/mol. The molecule has 0 aliphatic carbocycles. The van der Waals surface area contributed by atoms with Gasteiger partial charge in [-0.05, 0) is 44.9 Å². The van der Waals surface area contributed by atoms with E-state index in [1.165, 1.54) is 21.2 Å². The van der Waals surface area contributed by atoms with Gasteiger partial charge in [0.1, 0.15) is 0 Å². The zero-order chi connectivity index (χ0) is 14.4. The van der Waals surface area contributed by atoms with Crippen LogP contribution < -0.4 is 5.32 Å². The van der Waals surface area contributed by atoms with Crippen LogP contribution in [0.5, 0.6) is 0 Å². The van der Waals surface area contributed by atoms with Gasteiger partial charge in [-0.15, -0.1) is 22.7 Å². The van der Waals surface area contributed by atoms with Crippen LogP contribution in [0.2, 0.25) is 0 Å². The molecule has 0 aliphatic rings. The Bertz CT molecular complexity index is 516. The van der Waals surface area contributed by atoms with Crippen molar-refractivity contribution >= 4 is 22.7 Å². The molecule has 0 aromatic carbocycles. The van der Waals surface area contributed by atoms with Crippen molar-refractivity contribution in [2.24, 2.45) is 0 Å². The maximum absolute atomic E-state index is 4.60. The molecule has 2 nitrogen and oxygen atoms in total. The normalized spacial score (nSPS) is 12.8. The number of thiazole rings is 1. The molecule has 110 valence electrons. The third-order valence-electron chi connectivity index (χ3n) is 3.28. The van der Waals surface area contributed by atoms with Crippen molar-refractivity contribution < 1.29 is 0 Å². The Morgan fingerprint density at radius 2 is 2.00 bits per heavy atom. The molecule has 2 heterocycles. The van der Waals surface area contributed by atoms with Gasteiger partial charge < -0.3 is 5.32 Å². The summed E-state index contributed by atoms with van der Waals surface area (Å²) in [5.74, 6) is 0. The highest BCUT2D eigenvalue weighted by molar-refractivity contribution is 7.12. The smallest absolute Gasteiger partial charge is 0.0943 e. The van der Waals surface area contributed by atoms with Crippen LogP contribution in [0.15, 0.2) is 17.5 Å².